The molecule has 1 aromatic carbocycles. The number of carboxylic acid groups (broad SMARTS) is 1. The van der Waals surface area contributed by atoms with Crippen LogP contribution in [0, 0.1) is 0 Å². The van der Waals surface area contributed by atoms with E-state index < -0.39 is 5.97 Å². The summed E-state index contributed by atoms with van der Waals surface area (Å²) < 4.78 is 0. The van der Waals surface area contributed by atoms with Gasteiger partial charge >= 0.3 is 5.97 Å². The molecule has 1 atom stereocenters. The van der Waals surface area contributed by atoms with Crippen LogP contribution in [-0.2, 0) is 0 Å². The van der Waals surface area contributed by atoms with Crippen LogP contribution in [0.25, 0.3) is 0 Å². The van der Waals surface area contributed by atoms with Crippen molar-refractivity contribution in [2.45, 2.75) is 52.0 Å². The third kappa shape index (κ3) is 4.60. The van der Waals surface area contributed by atoms with Gasteiger partial charge < -0.3 is 16.2 Å². The number of aromatic carboxylic acids is 1. The van der Waals surface area contributed by atoms with Crippen molar-refractivity contribution >= 4 is 28.9 Å². The summed E-state index contributed by atoms with van der Waals surface area (Å²) in [5.41, 5.74) is 6.63. The monoisotopic (exact) mass is 298 g/mol. The summed E-state index contributed by atoms with van der Waals surface area (Å²) in [5, 5.41) is 12.9. The van der Waals surface area contributed by atoms with Crippen LogP contribution in [0.15, 0.2) is 12.1 Å². The highest BCUT2D eigenvalue weighted by molar-refractivity contribution is 6.34. The van der Waals surface area contributed by atoms with E-state index in [-0.39, 0.29) is 11.6 Å². The van der Waals surface area contributed by atoms with Gasteiger partial charge in [-0.25, -0.2) is 4.79 Å². The SMILES string of the molecule is CCCCC(CCC)Nc1c(Cl)cc(N)cc1C(=O)O. The van der Waals surface area contributed by atoms with Crippen LogP contribution in [0.3, 0.4) is 0 Å². The Morgan fingerprint density at radius 2 is 2.05 bits per heavy atom. The van der Waals surface area contributed by atoms with E-state index in [1.807, 2.05) is 0 Å². The molecule has 1 unspecified atom stereocenters. The molecule has 0 bridgehead atoms. The quantitative estimate of drug-likeness (QED) is 0.622. The lowest BCUT2D eigenvalue weighted by Crippen LogP contribution is -2.21. The molecule has 112 valence electrons. The van der Waals surface area contributed by atoms with Gasteiger partial charge in [-0.2, -0.15) is 0 Å². The minimum Gasteiger partial charge on any atom is -0.478 e. The number of hydrogen-bond donors (Lipinski definition) is 3. The molecule has 5 heteroatoms. The number of rotatable bonds is 8. The third-order valence-corrected chi connectivity index (χ3v) is 3.53. The van der Waals surface area contributed by atoms with E-state index in [0.29, 0.717) is 16.4 Å². The molecule has 0 aliphatic heterocycles. The first kappa shape index (κ1) is 16.6. The average molecular weight is 299 g/mol. The Morgan fingerprint density at radius 3 is 2.60 bits per heavy atom. The summed E-state index contributed by atoms with van der Waals surface area (Å²) in [4.78, 5) is 11.3. The molecular formula is C15H23ClN2O2. The van der Waals surface area contributed by atoms with Crippen molar-refractivity contribution in [3.63, 3.8) is 0 Å². The zero-order valence-electron chi connectivity index (χ0n) is 12.1. The van der Waals surface area contributed by atoms with Crippen LogP contribution in [0.5, 0.6) is 0 Å². The van der Waals surface area contributed by atoms with Gasteiger partial charge in [0.25, 0.3) is 0 Å². The van der Waals surface area contributed by atoms with E-state index in [4.69, 9.17) is 17.3 Å². The number of anilines is 2. The Kier molecular flexibility index (Phi) is 6.65. The Morgan fingerprint density at radius 1 is 1.35 bits per heavy atom. The highest BCUT2D eigenvalue weighted by Gasteiger charge is 2.17. The van der Waals surface area contributed by atoms with Gasteiger partial charge in [-0.15, -0.1) is 0 Å². The van der Waals surface area contributed by atoms with E-state index in [2.05, 4.69) is 19.2 Å². The number of unbranched alkanes of at least 4 members (excludes halogenated alkanes) is 1. The summed E-state index contributed by atoms with van der Waals surface area (Å²) in [5.74, 6) is -1.02. The van der Waals surface area contributed by atoms with Crippen LogP contribution in [0.2, 0.25) is 5.02 Å². The second-order valence-electron chi connectivity index (χ2n) is 5.00. The summed E-state index contributed by atoms with van der Waals surface area (Å²) in [6, 6.07) is 3.26. The van der Waals surface area contributed by atoms with Crippen molar-refractivity contribution in [3.8, 4) is 0 Å². The molecule has 0 amide bonds. The number of hydrogen-bond acceptors (Lipinski definition) is 3. The second-order valence-corrected chi connectivity index (χ2v) is 5.41. The number of nitrogens with two attached hydrogens (primary N) is 1. The van der Waals surface area contributed by atoms with Crippen LogP contribution in [0.1, 0.15) is 56.3 Å². The van der Waals surface area contributed by atoms with Crippen LogP contribution < -0.4 is 11.1 Å². The minimum absolute atomic E-state index is 0.132. The second kappa shape index (κ2) is 8.00. The van der Waals surface area contributed by atoms with Gasteiger partial charge in [0.2, 0.25) is 0 Å². The summed E-state index contributed by atoms with van der Waals surface area (Å²) >= 11 is 6.15. The van der Waals surface area contributed by atoms with Crippen molar-refractivity contribution in [2.24, 2.45) is 0 Å². The number of halogens is 1. The van der Waals surface area contributed by atoms with Crippen LogP contribution >= 0.6 is 11.6 Å². The molecule has 0 heterocycles. The maximum absolute atomic E-state index is 11.3. The van der Waals surface area contributed by atoms with Gasteiger partial charge in [0.05, 0.1) is 16.3 Å². The molecule has 0 saturated carbocycles. The van der Waals surface area contributed by atoms with Gasteiger partial charge in [0.1, 0.15) is 0 Å². The van der Waals surface area contributed by atoms with E-state index in [1.165, 1.54) is 6.07 Å². The predicted molar refractivity (Wildman–Crippen MR) is 84.7 cm³/mol. The van der Waals surface area contributed by atoms with Gasteiger partial charge in [-0.3, -0.25) is 0 Å². The molecule has 0 aliphatic carbocycles. The maximum atomic E-state index is 11.3. The molecule has 0 aromatic heterocycles. The standard InChI is InChI=1S/C15H23ClN2O2/c1-3-5-7-11(6-4-2)18-14-12(15(19)20)8-10(17)9-13(14)16/h8-9,11,18H,3-7,17H2,1-2H3,(H,19,20). The highest BCUT2D eigenvalue weighted by atomic mass is 35.5. The molecule has 4 N–H and O–H groups in total. The van der Waals surface area contributed by atoms with Gasteiger partial charge in [-0.05, 0) is 25.0 Å². The van der Waals surface area contributed by atoms with E-state index in [0.717, 1.165) is 32.1 Å². The molecule has 4 nitrogen and oxygen atoms in total. The van der Waals surface area contributed by atoms with Crippen molar-refractivity contribution in [1.29, 1.82) is 0 Å². The lowest BCUT2D eigenvalue weighted by atomic mass is 10.0. The lowest BCUT2D eigenvalue weighted by molar-refractivity contribution is 0.0698. The Balaban J connectivity index is 3.01. The smallest absolute Gasteiger partial charge is 0.337 e. The first-order valence-corrected chi connectivity index (χ1v) is 7.46. The zero-order chi connectivity index (χ0) is 15.1. The van der Waals surface area contributed by atoms with Gasteiger partial charge in [-0.1, -0.05) is 44.7 Å². The molecule has 1 aromatic rings. The van der Waals surface area contributed by atoms with Gasteiger partial charge in [0.15, 0.2) is 0 Å². The van der Waals surface area contributed by atoms with Crippen LogP contribution in [-0.4, -0.2) is 17.1 Å². The summed E-state index contributed by atoms with van der Waals surface area (Å²) in [7, 11) is 0. The average Bonchev–Trinajstić information content (AvgIpc) is 2.38. The molecule has 0 spiro atoms. The number of nitrogen functional groups attached to an aromatic ring is 1. The fourth-order valence-corrected chi connectivity index (χ4v) is 2.52. The number of nitrogens with one attached hydrogen (secondary N) is 1. The maximum Gasteiger partial charge on any atom is 0.337 e. The normalized spacial score (nSPS) is 12.2. The minimum atomic E-state index is -1.02. The lowest BCUT2D eigenvalue weighted by Gasteiger charge is -2.21. The Bertz CT molecular complexity index is 463. The molecule has 0 fully saturated rings. The number of carboxylic acids is 1. The molecule has 0 aliphatic rings. The van der Waals surface area contributed by atoms with Crippen LogP contribution in [0.4, 0.5) is 11.4 Å². The predicted octanol–water partition coefficient (Wildman–Crippen LogP) is 4.39. The number of benzene rings is 1. The topological polar surface area (TPSA) is 75.3 Å². The molecule has 20 heavy (non-hydrogen) atoms. The fraction of sp³-hybridized carbons (Fsp3) is 0.533. The van der Waals surface area contributed by atoms with Crippen molar-refractivity contribution in [2.75, 3.05) is 11.1 Å². The fourth-order valence-electron chi connectivity index (χ4n) is 2.23. The van der Waals surface area contributed by atoms with E-state index in [1.54, 1.807) is 6.07 Å². The number of carbonyl (C=O) groups is 1. The van der Waals surface area contributed by atoms with Crippen molar-refractivity contribution in [1.82, 2.24) is 0 Å². The summed E-state index contributed by atoms with van der Waals surface area (Å²) in [6.07, 6.45) is 5.25. The van der Waals surface area contributed by atoms with Crippen molar-refractivity contribution < 1.29 is 9.90 Å². The Hall–Kier alpha value is -1.42. The van der Waals surface area contributed by atoms with Crippen molar-refractivity contribution in [3.05, 3.63) is 22.7 Å². The summed E-state index contributed by atoms with van der Waals surface area (Å²) in [6.45, 7) is 4.26. The Labute approximate surface area is 125 Å². The third-order valence-electron chi connectivity index (χ3n) is 3.23. The van der Waals surface area contributed by atoms with E-state index >= 15 is 0 Å². The zero-order valence-corrected chi connectivity index (χ0v) is 12.8. The first-order valence-electron chi connectivity index (χ1n) is 7.08. The van der Waals surface area contributed by atoms with E-state index in [9.17, 15) is 9.90 Å². The highest BCUT2D eigenvalue weighted by Crippen LogP contribution is 2.31. The molecule has 0 radical (unpaired) electrons. The molecule has 1 rings (SSSR count). The van der Waals surface area contributed by atoms with Gasteiger partial charge in [0, 0.05) is 11.7 Å². The largest absolute Gasteiger partial charge is 0.478 e. The molecular weight excluding hydrogens is 276 g/mol. The first-order chi connectivity index (χ1) is 9.49. The molecule has 0 saturated heterocycles.